The number of para-hydroxylation sites is 1. The van der Waals surface area contributed by atoms with E-state index in [0.29, 0.717) is 22.7 Å². The summed E-state index contributed by atoms with van der Waals surface area (Å²) in [6.45, 7) is 1.82. The summed E-state index contributed by atoms with van der Waals surface area (Å²) in [7, 11) is 0. The van der Waals surface area contributed by atoms with Crippen molar-refractivity contribution in [2.24, 2.45) is 0 Å². The van der Waals surface area contributed by atoms with Gasteiger partial charge in [-0.1, -0.05) is 42.5 Å². The van der Waals surface area contributed by atoms with Gasteiger partial charge in [-0.3, -0.25) is 9.20 Å². The van der Waals surface area contributed by atoms with Crippen LogP contribution in [0.2, 0.25) is 0 Å². The van der Waals surface area contributed by atoms with Gasteiger partial charge in [0.05, 0.1) is 11.3 Å². The van der Waals surface area contributed by atoms with Crippen molar-refractivity contribution >= 4 is 17.2 Å². The van der Waals surface area contributed by atoms with E-state index in [0.717, 1.165) is 11.1 Å². The van der Waals surface area contributed by atoms with E-state index in [1.54, 1.807) is 22.6 Å². The normalized spacial score (nSPS) is 10.8. The van der Waals surface area contributed by atoms with Gasteiger partial charge in [-0.05, 0) is 30.7 Å². The van der Waals surface area contributed by atoms with Crippen LogP contribution < -0.4 is 5.32 Å². The van der Waals surface area contributed by atoms with Gasteiger partial charge in [0, 0.05) is 11.8 Å². The van der Waals surface area contributed by atoms with Gasteiger partial charge in [0.1, 0.15) is 5.75 Å². The Morgan fingerprint density at radius 2 is 1.81 bits per heavy atom. The number of phenols is 1. The number of phenolic OH excluding ortho intramolecular Hbond substituents is 1. The number of aromatic hydroxyl groups is 1. The van der Waals surface area contributed by atoms with Gasteiger partial charge in [0.15, 0.2) is 11.5 Å². The molecule has 4 aromatic rings. The third kappa shape index (κ3) is 2.67. The van der Waals surface area contributed by atoms with Crippen molar-refractivity contribution in [1.29, 1.82) is 0 Å². The number of anilines is 1. The van der Waals surface area contributed by atoms with Gasteiger partial charge in [-0.2, -0.15) is 0 Å². The van der Waals surface area contributed by atoms with Crippen LogP contribution in [-0.2, 0) is 0 Å². The summed E-state index contributed by atoms with van der Waals surface area (Å²) in [5, 5.41) is 21.2. The lowest BCUT2D eigenvalue weighted by atomic mass is 10.1. The zero-order valence-corrected chi connectivity index (χ0v) is 14.0. The third-order valence-corrected chi connectivity index (χ3v) is 4.20. The first kappa shape index (κ1) is 15.8. The van der Waals surface area contributed by atoms with Crippen LogP contribution >= 0.6 is 0 Å². The molecule has 0 spiro atoms. The molecule has 128 valence electrons. The van der Waals surface area contributed by atoms with Crippen LogP contribution in [0, 0.1) is 6.92 Å². The molecule has 0 saturated heterocycles. The zero-order chi connectivity index (χ0) is 18.1. The lowest BCUT2D eigenvalue weighted by Crippen LogP contribution is -2.14. The Bertz CT molecular complexity index is 1080. The van der Waals surface area contributed by atoms with Gasteiger partial charge in [0.25, 0.3) is 5.91 Å². The molecule has 6 heteroatoms. The first-order valence-corrected chi connectivity index (χ1v) is 8.14. The van der Waals surface area contributed by atoms with Crippen LogP contribution in [0.15, 0.2) is 66.9 Å². The second kappa shape index (κ2) is 6.33. The molecule has 0 fully saturated rings. The molecule has 0 saturated carbocycles. The SMILES string of the molecule is Cc1cccc(O)c1NC(=O)c1cccn2c(-c3ccccc3)nnc12. The Morgan fingerprint density at radius 3 is 2.58 bits per heavy atom. The van der Waals surface area contributed by atoms with E-state index >= 15 is 0 Å². The highest BCUT2D eigenvalue weighted by molar-refractivity contribution is 6.09. The number of hydrogen-bond donors (Lipinski definition) is 2. The standard InChI is InChI=1S/C20H16N4O2/c1-13-7-5-11-16(25)17(13)21-20(26)15-10-6-12-24-18(22-23-19(15)24)14-8-3-2-4-9-14/h2-12,25H,1H3,(H,21,26). The maximum atomic E-state index is 12.8. The number of hydrogen-bond acceptors (Lipinski definition) is 4. The second-order valence-electron chi connectivity index (χ2n) is 5.93. The van der Waals surface area contributed by atoms with Crippen LogP contribution in [0.25, 0.3) is 17.0 Å². The second-order valence-corrected chi connectivity index (χ2v) is 5.93. The minimum atomic E-state index is -0.354. The highest BCUT2D eigenvalue weighted by Gasteiger charge is 2.17. The van der Waals surface area contributed by atoms with Gasteiger partial charge >= 0.3 is 0 Å². The summed E-state index contributed by atoms with van der Waals surface area (Å²) in [5.74, 6) is 0.331. The molecule has 0 radical (unpaired) electrons. The molecule has 4 rings (SSSR count). The topological polar surface area (TPSA) is 79.5 Å². The number of fused-ring (bicyclic) bond motifs is 1. The molecule has 2 N–H and O–H groups in total. The van der Waals surface area contributed by atoms with E-state index in [9.17, 15) is 9.90 Å². The molecule has 0 atom stereocenters. The Kier molecular flexibility index (Phi) is 3.85. The molecule has 6 nitrogen and oxygen atoms in total. The average Bonchev–Trinajstić information content (AvgIpc) is 3.09. The summed E-state index contributed by atoms with van der Waals surface area (Å²) in [6.07, 6.45) is 1.82. The number of aromatic nitrogens is 3. The maximum Gasteiger partial charge on any atom is 0.259 e. The highest BCUT2D eigenvalue weighted by Crippen LogP contribution is 2.27. The molecule has 1 amide bonds. The van der Waals surface area contributed by atoms with Crippen molar-refractivity contribution in [2.45, 2.75) is 6.92 Å². The van der Waals surface area contributed by atoms with Crippen molar-refractivity contribution in [3.05, 3.63) is 78.0 Å². The first-order valence-electron chi connectivity index (χ1n) is 8.14. The third-order valence-electron chi connectivity index (χ3n) is 4.20. The van der Waals surface area contributed by atoms with Crippen molar-refractivity contribution < 1.29 is 9.90 Å². The van der Waals surface area contributed by atoms with E-state index in [1.807, 2.05) is 49.5 Å². The summed E-state index contributed by atoms with van der Waals surface area (Å²) in [5.41, 5.74) is 2.91. The number of aryl methyl sites for hydroxylation is 1. The predicted octanol–water partition coefficient (Wildman–Crippen LogP) is 3.66. The van der Waals surface area contributed by atoms with Crippen molar-refractivity contribution in [2.75, 3.05) is 5.32 Å². The summed E-state index contributed by atoms with van der Waals surface area (Å²) < 4.78 is 1.78. The first-order chi connectivity index (χ1) is 12.6. The molecule has 0 unspecified atom stereocenters. The Labute approximate surface area is 149 Å². The Hall–Kier alpha value is -3.67. The van der Waals surface area contributed by atoms with Crippen LogP contribution in [0.1, 0.15) is 15.9 Å². The fraction of sp³-hybridized carbons (Fsp3) is 0.0500. The molecule has 2 aromatic heterocycles. The fourth-order valence-corrected chi connectivity index (χ4v) is 2.87. The number of nitrogens with zero attached hydrogens (tertiary/aromatic N) is 3. The number of carbonyl (C=O) groups is 1. The quantitative estimate of drug-likeness (QED) is 0.556. The minimum absolute atomic E-state index is 0.0248. The van der Waals surface area contributed by atoms with Crippen molar-refractivity contribution in [3.8, 4) is 17.1 Å². The fourth-order valence-electron chi connectivity index (χ4n) is 2.87. The number of rotatable bonds is 3. The van der Waals surface area contributed by atoms with Crippen LogP contribution in [-0.4, -0.2) is 25.6 Å². The summed E-state index contributed by atoms with van der Waals surface area (Å²) >= 11 is 0. The van der Waals surface area contributed by atoms with Gasteiger partial charge < -0.3 is 10.4 Å². The highest BCUT2D eigenvalue weighted by atomic mass is 16.3. The number of pyridine rings is 1. The number of amides is 1. The van der Waals surface area contributed by atoms with Crippen LogP contribution in [0.5, 0.6) is 5.75 Å². The molecule has 2 heterocycles. The van der Waals surface area contributed by atoms with E-state index in [2.05, 4.69) is 15.5 Å². The van der Waals surface area contributed by atoms with E-state index < -0.39 is 0 Å². The monoisotopic (exact) mass is 344 g/mol. The molecule has 0 aliphatic carbocycles. The van der Waals surface area contributed by atoms with Gasteiger partial charge in [-0.15, -0.1) is 10.2 Å². The lowest BCUT2D eigenvalue weighted by Gasteiger charge is -2.10. The minimum Gasteiger partial charge on any atom is -0.506 e. The molecular formula is C20H16N4O2. The van der Waals surface area contributed by atoms with E-state index in [1.165, 1.54) is 6.07 Å². The average molecular weight is 344 g/mol. The Morgan fingerprint density at radius 1 is 1.00 bits per heavy atom. The maximum absolute atomic E-state index is 12.8. The van der Waals surface area contributed by atoms with Crippen molar-refractivity contribution in [3.63, 3.8) is 0 Å². The van der Waals surface area contributed by atoms with E-state index in [4.69, 9.17) is 0 Å². The summed E-state index contributed by atoms with van der Waals surface area (Å²) in [4.78, 5) is 12.8. The molecular weight excluding hydrogens is 328 g/mol. The number of nitrogens with one attached hydrogen (secondary N) is 1. The van der Waals surface area contributed by atoms with Gasteiger partial charge in [0.2, 0.25) is 0 Å². The molecule has 0 bridgehead atoms. The van der Waals surface area contributed by atoms with Crippen molar-refractivity contribution in [1.82, 2.24) is 14.6 Å². The van der Waals surface area contributed by atoms with Crippen LogP contribution in [0.3, 0.4) is 0 Å². The predicted molar refractivity (Wildman–Crippen MR) is 99.2 cm³/mol. The van der Waals surface area contributed by atoms with E-state index in [-0.39, 0.29) is 11.7 Å². The lowest BCUT2D eigenvalue weighted by molar-refractivity contribution is 0.102. The van der Waals surface area contributed by atoms with Crippen LogP contribution in [0.4, 0.5) is 5.69 Å². The molecule has 26 heavy (non-hydrogen) atoms. The molecule has 0 aliphatic heterocycles. The van der Waals surface area contributed by atoms with Gasteiger partial charge in [-0.25, -0.2) is 0 Å². The largest absolute Gasteiger partial charge is 0.506 e. The molecule has 2 aromatic carbocycles. The smallest absolute Gasteiger partial charge is 0.259 e. The number of carbonyl (C=O) groups excluding carboxylic acids is 1. The Balaban J connectivity index is 1.76. The molecule has 0 aliphatic rings. The zero-order valence-electron chi connectivity index (χ0n) is 14.0. The number of benzene rings is 2. The summed E-state index contributed by atoms with van der Waals surface area (Å²) in [6, 6.07) is 18.2.